The predicted molar refractivity (Wildman–Crippen MR) is 71.9 cm³/mol. The summed E-state index contributed by atoms with van der Waals surface area (Å²) in [5, 5.41) is 3.29. The standard InChI is InChI=1S/C13H21N3O/c1-8(13(2,3)4)16-11-7-9(14)5-6-10(11)12(15)17/h5-8,16H,14H2,1-4H3,(H2,15,17). The van der Waals surface area contributed by atoms with Gasteiger partial charge in [0, 0.05) is 17.4 Å². The first-order valence-electron chi connectivity index (χ1n) is 5.67. The number of hydrogen-bond donors (Lipinski definition) is 3. The molecule has 17 heavy (non-hydrogen) atoms. The van der Waals surface area contributed by atoms with Crippen molar-refractivity contribution in [2.75, 3.05) is 11.1 Å². The van der Waals surface area contributed by atoms with Crippen LogP contribution in [0.15, 0.2) is 18.2 Å². The van der Waals surface area contributed by atoms with E-state index in [0.29, 0.717) is 16.9 Å². The van der Waals surface area contributed by atoms with Crippen LogP contribution in [0.2, 0.25) is 0 Å². The number of carbonyl (C=O) groups is 1. The summed E-state index contributed by atoms with van der Waals surface area (Å²) < 4.78 is 0. The van der Waals surface area contributed by atoms with Gasteiger partial charge in [-0.05, 0) is 30.5 Å². The first-order valence-corrected chi connectivity index (χ1v) is 5.67. The quantitative estimate of drug-likeness (QED) is 0.703. The van der Waals surface area contributed by atoms with Crippen LogP contribution in [0.4, 0.5) is 11.4 Å². The number of carbonyl (C=O) groups excluding carboxylic acids is 1. The second-order valence-corrected chi connectivity index (χ2v) is 5.40. The summed E-state index contributed by atoms with van der Waals surface area (Å²) in [6.07, 6.45) is 0. The van der Waals surface area contributed by atoms with Gasteiger partial charge < -0.3 is 16.8 Å². The minimum Gasteiger partial charge on any atom is -0.399 e. The second kappa shape index (κ2) is 4.65. The molecular formula is C13H21N3O. The fraction of sp³-hybridized carbons (Fsp3) is 0.462. The lowest BCUT2D eigenvalue weighted by atomic mass is 9.87. The van der Waals surface area contributed by atoms with Crippen LogP contribution in [0.3, 0.4) is 0 Å². The molecule has 0 saturated carbocycles. The molecule has 1 unspecified atom stereocenters. The average Bonchev–Trinajstić information content (AvgIpc) is 2.15. The van der Waals surface area contributed by atoms with Gasteiger partial charge in [0.15, 0.2) is 0 Å². The molecule has 0 heterocycles. The van der Waals surface area contributed by atoms with Gasteiger partial charge in [-0.3, -0.25) is 4.79 Å². The number of nitrogens with one attached hydrogen (secondary N) is 1. The Hall–Kier alpha value is -1.71. The first kappa shape index (κ1) is 13.4. The van der Waals surface area contributed by atoms with Crippen LogP contribution >= 0.6 is 0 Å². The van der Waals surface area contributed by atoms with E-state index in [0.717, 1.165) is 0 Å². The molecule has 94 valence electrons. The Labute approximate surface area is 102 Å². The van der Waals surface area contributed by atoms with Crippen LogP contribution in [-0.4, -0.2) is 11.9 Å². The van der Waals surface area contributed by atoms with Gasteiger partial charge in [-0.1, -0.05) is 20.8 Å². The summed E-state index contributed by atoms with van der Waals surface area (Å²) in [6.45, 7) is 8.44. The van der Waals surface area contributed by atoms with E-state index in [1.165, 1.54) is 0 Å². The SMILES string of the molecule is CC(Nc1cc(N)ccc1C(N)=O)C(C)(C)C. The zero-order valence-electron chi connectivity index (χ0n) is 10.9. The lowest BCUT2D eigenvalue weighted by Crippen LogP contribution is -2.31. The minimum absolute atomic E-state index is 0.0829. The fourth-order valence-electron chi connectivity index (χ4n) is 1.35. The molecule has 1 amide bonds. The third-order valence-corrected chi connectivity index (χ3v) is 2.98. The number of rotatable bonds is 3. The van der Waals surface area contributed by atoms with Crippen LogP contribution in [0, 0.1) is 5.41 Å². The van der Waals surface area contributed by atoms with Crippen molar-refractivity contribution >= 4 is 17.3 Å². The molecule has 1 atom stereocenters. The van der Waals surface area contributed by atoms with Crippen molar-refractivity contribution < 1.29 is 4.79 Å². The molecule has 4 nitrogen and oxygen atoms in total. The van der Waals surface area contributed by atoms with Gasteiger partial charge in [0.1, 0.15) is 0 Å². The number of anilines is 2. The molecule has 1 aromatic rings. The van der Waals surface area contributed by atoms with Crippen LogP contribution in [0.25, 0.3) is 0 Å². The highest BCUT2D eigenvalue weighted by Gasteiger charge is 2.21. The monoisotopic (exact) mass is 235 g/mol. The smallest absolute Gasteiger partial charge is 0.250 e. The zero-order chi connectivity index (χ0) is 13.2. The summed E-state index contributed by atoms with van der Waals surface area (Å²) in [6, 6.07) is 5.26. The van der Waals surface area contributed by atoms with E-state index in [2.05, 4.69) is 33.0 Å². The van der Waals surface area contributed by atoms with Gasteiger partial charge in [0.05, 0.1) is 5.56 Å². The van der Waals surface area contributed by atoms with E-state index < -0.39 is 5.91 Å². The highest BCUT2D eigenvalue weighted by Crippen LogP contribution is 2.26. The molecular weight excluding hydrogens is 214 g/mol. The van der Waals surface area contributed by atoms with Gasteiger partial charge >= 0.3 is 0 Å². The van der Waals surface area contributed by atoms with Crippen molar-refractivity contribution in [1.29, 1.82) is 0 Å². The Bertz CT molecular complexity index is 421. The van der Waals surface area contributed by atoms with Gasteiger partial charge in [0.2, 0.25) is 0 Å². The zero-order valence-corrected chi connectivity index (χ0v) is 10.9. The maximum Gasteiger partial charge on any atom is 0.250 e. The molecule has 0 radical (unpaired) electrons. The summed E-state index contributed by atoms with van der Waals surface area (Å²) >= 11 is 0. The van der Waals surface area contributed by atoms with Gasteiger partial charge in [-0.2, -0.15) is 0 Å². The molecule has 0 fully saturated rings. The molecule has 0 spiro atoms. The van der Waals surface area contributed by atoms with E-state index in [1.54, 1.807) is 18.2 Å². The van der Waals surface area contributed by atoms with Crippen molar-refractivity contribution in [1.82, 2.24) is 0 Å². The third-order valence-electron chi connectivity index (χ3n) is 2.98. The normalized spacial score (nSPS) is 13.2. The van der Waals surface area contributed by atoms with Gasteiger partial charge in [-0.15, -0.1) is 0 Å². The summed E-state index contributed by atoms with van der Waals surface area (Å²) in [5.41, 5.74) is 12.9. The van der Waals surface area contributed by atoms with Crippen LogP contribution < -0.4 is 16.8 Å². The lowest BCUT2D eigenvalue weighted by Gasteiger charge is -2.29. The van der Waals surface area contributed by atoms with Gasteiger partial charge in [0.25, 0.3) is 5.91 Å². The van der Waals surface area contributed by atoms with Crippen LogP contribution in [-0.2, 0) is 0 Å². The largest absolute Gasteiger partial charge is 0.399 e. The average molecular weight is 235 g/mol. The Morgan fingerprint density at radius 3 is 2.41 bits per heavy atom. The maximum atomic E-state index is 11.3. The number of amides is 1. The number of hydrogen-bond acceptors (Lipinski definition) is 3. The van der Waals surface area contributed by atoms with E-state index >= 15 is 0 Å². The molecule has 4 heteroatoms. The van der Waals surface area contributed by atoms with Crippen molar-refractivity contribution in [3.05, 3.63) is 23.8 Å². The van der Waals surface area contributed by atoms with E-state index in [1.807, 2.05) is 0 Å². The molecule has 0 aliphatic rings. The van der Waals surface area contributed by atoms with Crippen molar-refractivity contribution in [2.24, 2.45) is 11.1 Å². The van der Waals surface area contributed by atoms with E-state index in [9.17, 15) is 4.79 Å². The Kier molecular flexibility index (Phi) is 3.66. The maximum absolute atomic E-state index is 11.3. The van der Waals surface area contributed by atoms with E-state index in [4.69, 9.17) is 11.5 Å². The Morgan fingerprint density at radius 2 is 1.94 bits per heavy atom. The summed E-state index contributed by atoms with van der Waals surface area (Å²) in [5.74, 6) is -0.450. The Balaban J connectivity index is 3.04. The van der Waals surface area contributed by atoms with Crippen molar-refractivity contribution in [2.45, 2.75) is 33.7 Å². The second-order valence-electron chi connectivity index (χ2n) is 5.40. The molecule has 1 aromatic carbocycles. The fourth-order valence-corrected chi connectivity index (χ4v) is 1.35. The van der Waals surface area contributed by atoms with Crippen LogP contribution in [0.1, 0.15) is 38.1 Å². The van der Waals surface area contributed by atoms with E-state index in [-0.39, 0.29) is 11.5 Å². The molecule has 1 rings (SSSR count). The first-order chi connectivity index (χ1) is 7.71. The minimum atomic E-state index is -0.450. The predicted octanol–water partition coefficient (Wildman–Crippen LogP) is 2.21. The summed E-state index contributed by atoms with van der Waals surface area (Å²) in [7, 11) is 0. The molecule has 0 bridgehead atoms. The number of primary amides is 1. The third kappa shape index (κ3) is 3.37. The molecule has 0 aliphatic heterocycles. The molecule has 0 aliphatic carbocycles. The van der Waals surface area contributed by atoms with Crippen molar-refractivity contribution in [3.63, 3.8) is 0 Å². The molecule has 0 aromatic heterocycles. The number of nitrogens with two attached hydrogens (primary N) is 2. The molecule has 0 saturated heterocycles. The number of benzene rings is 1. The van der Waals surface area contributed by atoms with Crippen LogP contribution in [0.5, 0.6) is 0 Å². The number of nitrogen functional groups attached to an aromatic ring is 1. The summed E-state index contributed by atoms with van der Waals surface area (Å²) in [4.78, 5) is 11.3. The van der Waals surface area contributed by atoms with Gasteiger partial charge in [-0.25, -0.2) is 0 Å². The van der Waals surface area contributed by atoms with Crippen molar-refractivity contribution in [3.8, 4) is 0 Å². The Morgan fingerprint density at radius 1 is 1.35 bits per heavy atom. The lowest BCUT2D eigenvalue weighted by molar-refractivity contribution is 0.100. The highest BCUT2D eigenvalue weighted by molar-refractivity contribution is 5.99. The highest BCUT2D eigenvalue weighted by atomic mass is 16.1. The topological polar surface area (TPSA) is 81.1 Å². The molecule has 5 N–H and O–H groups in total.